The minimum Gasteiger partial charge on any atom is -0.387 e. The molecule has 0 aliphatic carbocycles. The SMILES string of the molecule is C[C@@H](O)c1cn(-c2cccnc2)nn1. The van der Waals surface area contributed by atoms with Crippen molar-refractivity contribution >= 4 is 0 Å². The molecule has 72 valence electrons. The van der Waals surface area contributed by atoms with Crippen LogP contribution in [0.3, 0.4) is 0 Å². The standard InChI is InChI=1S/C9H10N4O/c1-7(14)9-6-13(12-11-9)8-3-2-4-10-5-8/h2-7,14H,1H3/t7-/m1/s1. The summed E-state index contributed by atoms with van der Waals surface area (Å²) in [6.45, 7) is 1.65. The first-order valence-electron chi connectivity index (χ1n) is 4.28. The van der Waals surface area contributed by atoms with Crippen LogP contribution in [0.5, 0.6) is 0 Å². The van der Waals surface area contributed by atoms with Crippen molar-refractivity contribution in [3.05, 3.63) is 36.4 Å². The normalized spacial score (nSPS) is 12.7. The quantitative estimate of drug-likeness (QED) is 0.757. The van der Waals surface area contributed by atoms with E-state index >= 15 is 0 Å². The Morgan fingerprint density at radius 3 is 2.93 bits per heavy atom. The van der Waals surface area contributed by atoms with Gasteiger partial charge in [-0.05, 0) is 19.1 Å². The minimum absolute atomic E-state index is 0.550. The Morgan fingerprint density at radius 1 is 1.50 bits per heavy atom. The lowest BCUT2D eigenvalue weighted by molar-refractivity contribution is 0.194. The van der Waals surface area contributed by atoms with E-state index in [0.29, 0.717) is 5.69 Å². The van der Waals surface area contributed by atoms with Gasteiger partial charge in [0.15, 0.2) is 0 Å². The van der Waals surface area contributed by atoms with Crippen molar-refractivity contribution < 1.29 is 5.11 Å². The predicted molar refractivity (Wildman–Crippen MR) is 49.8 cm³/mol. The van der Waals surface area contributed by atoms with Crippen LogP contribution in [0.4, 0.5) is 0 Å². The molecular weight excluding hydrogens is 180 g/mol. The molecule has 14 heavy (non-hydrogen) atoms. The second-order valence-corrected chi connectivity index (χ2v) is 2.98. The molecule has 1 N–H and O–H groups in total. The van der Waals surface area contributed by atoms with Crippen LogP contribution in [0.2, 0.25) is 0 Å². The lowest BCUT2D eigenvalue weighted by atomic mass is 10.3. The molecule has 0 saturated heterocycles. The molecule has 2 aromatic heterocycles. The van der Waals surface area contributed by atoms with Gasteiger partial charge in [0.1, 0.15) is 5.69 Å². The summed E-state index contributed by atoms with van der Waals surface area (Å²) >= 11 is 0. The zero-order valence-corrected chi connectivity index (χ0v) is 7.70. The fourth-order valence-corrected chi connectivity index (χ4v) is 1.08. The Morgan fingerprint density at radius 2 is 2.36 bits per heavy atom. The maximum atomic E-state index is 9.25. The molecular formula is C9H10N4O. The monoisotopic (exact) mass is 190 g/mol. The van der Waals surface area contributed by atoms with Gasteiger partial charge in [-0.25, -0.2) is 4.68 Å². The number of rotatable bonds is 2. The fourth-order valence-electron chi connectivity index (χ4n) is 1.08. The summed E-state index contributed by atoms with van der Waals surface area (Å²) in [6.07, 6.45) is 4.46. The van der Waals surface area contributed by atoms with E-state index in [1.54, 1.807) is 30.2 Å². The number of hydrogen-bond acceptors (Lipinski definition) is 4. The van der Waals surface area contributed by atoms with Crippen LogP contribution in [-0.4, -0.2) is 25.1 Å². The maximum absolute atomic E-state index is 9.25. The highest BCUT2D eigenvalue weighted by atomic mass is 16.3. The summed E-state index contributed by atoms with van der Waals surface area (Å²) in [5.41, 5.74) is 1.38. The van der Waals surface area contributed by atoms with E-state index in [2.05, 4.69) is 15.3 Å². The van der Waals surface area contributed by atoms with E-state index in [0.717, 1.165) is 5.69 Å². The topological polar surface area (TPSA) is 63.8 Å². The summed E-state index contributed by atoms with van der Waals surface area (Å²) < 4.78 is 1.58. The van der Waals surface area contributed by atoms with E-state index in [9.17, 15) is 5.11 Å². The summed E-state index contributed by atoms with van der Waals surface area (Å²) in [5, 5.41) is 17.0. The molecule has 0 aliphatic heterocycles. The molecule has 0 radical (unpaired) electrons. The molecule has 5 nitrogen and oxygen atoms in total. The van der Waals surface area contributed by atoms with E-state index in [1.807, 2.05) is 12.1 Å². The second-order valence-electron chi connectivity index (χ2n) is 2.98. The molecule has 5 heteroatoms. The number of nitrogens with zero attached hydrogens (tertiary/aromatic N) is 4. The zero-order chi connectivity index (χ0) is 9.97. The summed E-state index contributed by atoms with van der Waals surface area (Å²) in [5.74, 6) is 0. The van der Waals surface area contributed by atoms with Crippen LogP contribution in [0.15, 0.2) is 30.7 Å². The lowest BCUT2D eigenvalue weighted by Gasteiger charge is -1.97. The summed E-state index contributed by atoms with van der Waals surface area (Å²) in [7, 11) is 0. The van der Waals surface area contributed by atoms with Crippen molar-refractivity contribution in [3.63, 3.8) is 0 Å². The molecule has 0 amide bonds. The van der Waals surface area contributed by atoms with Gasteiger partial charge in [-0.1, -0.05) is 5.21 Å². The predicted octanol–water partition coefficient (Wildman–Crippen LogP) is 0.716. The van der Waals surface area contributed by atoms with Crippen LogP contribution in [0, 0.1) is 0 Å². The molecule has 0 aliphatic rings. The molecule has 2 rings (SSSR count). The molecule has 0 unspecified atom stereocenters. The molecule has 0 fully saturated rings. The van der Waals surface area contributed by atoms with Crippen LogP contribution in [0.25, 0.3) is 5.69 Å². The third kappa shape index (κ3) is 1.62. The molecule has 0 spiro atoms. The van der Waals surface area contributed by atoms with Gasteiger partial charge in [0.05, 0.1) is 24.2 Å². The number of aliphatic hydroxyl groups is 1. The van der Waals surface area contributed by atoms with Crippen LogP contribution < -0.4 is 0 Å². The second kappa shape index (κ2) is 3.55. The van der Waals surface area contributed by atoms with Gasteiger partial charge in [-0.3, -0.25) is 4.98 Å². The molecule has 1 atom stereocenters. The smallest absolute Gasteiger partial charge is 0.111 e. The van der Waals surface area contributed by atoms with Gasteiger partial charge in [0.2, 0.25) is 0 Å². The Kier molecular flexibility index (Phi) is 2.24. The number of hydrogen-bond donors (Lipinski definition) is 1. The van der Waals surface area contributed by atoms with Gasteiger partial charge in [-0.2, -0.15) is 0 Å². The van der Waals surface area contributed by atoms with E-state index < -0.39 is 6.10 Å². The fraction of sp³-hybridized carbons (Fsp3) is 0.222. The third-order valence-electron chi connectivity index (χ3n) is 1.85. The average molecular weight is 190 g/mol. The Labute approximate surface area is 81.0 Å². The van der Waals surface area contributed by atoms with Gasteiger partial charge >= 0.3 is 0 Å². The largest absolute Gasteiger partial charge is 0.387 e. The van der Waals surface area contributed by atoms with Crippen molar-refractivity contribution in [2.24, 2.45) is 0 Å². The molecule has 2 heterocycles. The van der Waals surface area contributed by atoms with Gasteiger partial charge < -0.3 is 5.11 Å². The first-order valence-corrected chi connectivity index (χ1v) is 4.28. The first-order chi connectivity index (χ1) is 6.77. The van der Waals surface area contributed by atoms with Crippen molar-refractivity contribution in [3.8, 4) is 5.69 Å². The van der Waals surface area contributed by atoms with Crippen LogP contribution in [-0.2, 0) is 0 Å². The average Bonchev–Trinajstić information content (AvgIpc) is 2.68. The van der Waals surface area contributed by atoms with E-state index in [4.69, 9.17) is 0 Å². The van der Waals surface area contributed by atoms with E-state index in [-0.39, 0.29) is 0 Å². The highest BCUT2D eigenvalue weighted by Gasteiger charge is 2.06. The van der Waals surface area contributed by atoms with Crippen molar-refractivity contribution in [2.45, 2.75) is 13.0 Å². The van der Waals surface area contributed by atoms with E-state index in [1.165, 1.54) is 0 Å². The maximum Gasteiger partial charge on any atom is 0.111 e. The van der Waals surface area contributed by atoms with Gasteiger partial charge in [0, 0.05) is 6.20 Å². The van der Waals surface area contributed by atoms with Crippen molar-refractivity contribution in [1.29, 1.82) is 0 Å². The lowest BCUT2D eigenvalue weighted by Crippen LogP contribution is -1.94. The highest BCUT2D eigenvalue weighted by Crippen LogP contribution is 2.09. The third-order valence-corrected chi connectivity index (χ3v) is 1.85. The highest BCUT2D eigenvalue weighted by molar-refractivity contribution is 5.26. The molecule has 0 saturated carbocycles. The summed E-state index contributed by atoms with van der Waals surface area (Å²) in [6, 6.07) is 3.69. The first kappa shape index (κ1) is 8.83. The Hall–Kier alpha value is -1.75. The zero-order valence-electron chi connectivity index (χ0n) is 7.70. The molecule has 0 aromatic carbocycles. The Bertz CT molecular complexity index is 410. The number of pyridine rings is 1. The molecule has 2 aromatic rings. The van der Waals surface area contributed by atoms with Gasteiger partial charge in [-0.15, -0.1) is 5.10 Å². The minimum atomic E-state index is -0.597. The van der Waals surface area contributed by atoms with Crippen LogP contribution in [0.1, 0.15) is 18.7 Å². The Balaban J connectivity index is 2.34. The van der Waals surface area contributed by atoms with Crippen molar-refractivity contribution in [2.75, 3.05) is 0 Å². The van der Waals surface area contributed by atoms with Crippen LogP contribution >= 0.6 is 0 Å². The van der Waals surface area contributed by atoms with Crippen molar-refractivity contribution in [1.82, 2.24) is 20.0 Å². The van der Waals surface area contributed by atoms with Gasteiger partial charge in [0.25, 0.3) is 0 Å². The number of aliphatic hydroxyl groups excluding tert-OH is 1. The molecule has 0 bridgehead atoms. The summed E-state index contributed by atoms with van der Waals surface area (Å²) in [4.78, 5) is 3.96. The number of aromatic nitrogens is 4.